The maximum atomic E-state index is 12.2. The molecule has 0 spiro atoms. The lowest BCUT2D eigenvalue weighted by atomic mass is 10.1. The highest BCUT2D eigenvalue weighted by Gasteiger charge is 2.25. The Morgan fingerprint density at radius 1 is 1.25 bits per heavy atom. The van der Waals surface area contributed by atoms with E-state index in [4.69, 9.17) is 4.74 Å². The van der Waals surface area contributed by atoms with Gasteiger partial charge in [-0.05, 0) is 32.9 Å². The van der Waals surface area contributed by atoms with E-state index in [1.54, 1.807) is 21.0 Å². The molecule has 1 atom stereocenters. The van der Waals surface area contributed by atoms with E-state index in [9.17, 15) is 8.42 Å². The van der Waals surface area contributed by atoms with E-state index in [2.05, 4.69) is 12.2 Å². The lowest BCUT2D eigenvalue weighted by Gasteiger charge is -2.22. The van der Waals surface area contributed by atoms with Crippen molar-refractivity contribution in [3.05, 3.63) is 29.8 Å². The van der Waals surface area contributed by atoms with Crippen LogP contribution in [0.1, 0.15) is 38.8 Å². The Morgan fingerprint density at radius 3 is 2.45 bits per heavy atom. The van der Waals surface area contributed by atoms with Crippen LogP contribution in [0.15, 0.2) is 24.3 Å². The SMILES string of the molecule is CCCNC(CS(=O)(=O)C(C)C)c1ccccc1OC. The summed E-state index contributed by atoms with van der Waals surface area (Å²) in [6, 6.07) is 7.33. The second-order valence-corrected chi connectivity index (χ2v) is 7.73. The standard InChI is InChI=1S/C15H25NO3S/c1-5-10-16-14(11-20(17,18)12(2)3)13-8-6-7-9-15(13)19-4/h6-9,12,14,16H,5,10-11H2,1-4H3. The molecule has 0 aliphatic carbocycles. The van der Waals surface area contributed by atoms with Gasteiger partial charge in [-0.2, -0.15) is 0 Å². The molecule has 114 valence electrons. The molecule has 0 aliphatic heterocycles. The van der Waals surface area contributed by atoms with Gasteiger partial charge in [0.15, 0.2) is 9.84 Å². The van der Waals surface area contributed by atoms with Crippen molar-refractivity contribution >= 4 is 9.84 Å². The third kappa shape index (κ3) is 4.49. The Balaban J connectivity index is 3.06. The first kappa shape index (κ1) is 17.0. The molecule has 1 rings (SSSR count). The predicted octanol–water partition coefficient (Wildman–Crippen LogP) is 2.56. The molecule has 1 aromatic rings. The number of methoxy groups -OCH3 is 1. The Kier molecular flexibility index (Phi) is 6.49. The molecule has 0 heterocycles. The van der Waals surface area contributed by atoms with Crippen LogP contribution in [-0.2, 0) is 9.84 Å². The van der Waals surface area contributed by atoms with Gasteiger partial charge in [0.1, 0.15) is 5.75 Å². The summed E-state index contributed by atoms with van der Waals surface area (Å²) >= 11 is 0. The number of benzene rings is 1. The highest BCUT2D eigenvalue weighted by atomic mass is 32.2. The number of sulfone groups is 1. The molecule has 0 aromatic heterocycles. The molecule has 4 nitrogen and oxygen atoms in total. The van der Waals surface area contributed by atoms with Crippen molar-refractivity contribution in [2.75, 3.05) is 19.4 Å². The fraction of sp³-hybridized carbons (Fsp3) is 0.600. The molecule has 1 unspecified atom stereocenters. The minimum atomic E-state index is -3.12. The van der Waals surface area contributed by atoms with Crippen LogP contribution < -0.4 is 10.1 Å². The molecule has 0 bridgehead atoms. The summed E-state index contributed by atoms with van der Waals surface area (Å²) in [6.45, 7) is 6.27. The average molecular weight is 299 g/mol. The highest BCUT2D eigenvalue weighted by molar-refractivity contribution is 7.92. The molecular formula is C15H25NO3S. The summed E-state index contributed by atoms with van der Waals surface area (Å²) in [5.41, 5.74) is 0.896. The van der Waals surface area contributed by atoms with Gasteiger partial charge in [0.05, 0.1) is 18.1 Å². The van der Waals surface area contributed by atoms with Crippen molar-refractivity contribution in [3.8, 4) is 5.75 Å². The molecular weight excluding hydrogens is 274 g/mol. The van der Waals surface area contributed by atoms with Crippen LogP contribution in [0, 0.1) is 0 Å². The lowest BCUT2D eigenvalue weighted by Crippen LogP contribution is -2.32. The number of hydrogen-bond acceptors (Lipinski definition) is 4. The van der Waals surface area contributed by atoms with Crippen LogP contribution in [0.2, 0.25) is 0 Å². The van der Waals surface area contributed by atoms with Gasteiger partial charge in [-0.25, -0.2) is 8.42 Å². The average Bonchev–Trinajstić information content (AvgIpc) is 2.43. The first-order valence-electron chi connectivity index (χ1n) is 7.00. The smallest absolute Gasteiger partial charge is 0.154 e. The second-order valence-electron chi connectivity index (χ2n) is 5.13. The third-order valence-electron chi connectivity index (χ3n) is 3.27. The predicted molar refractivity (Wildman–Crippen MR) is 83.0 cm³/mol. The minimum Gasteiger partial charge on any atom is -0.496 e. The van der Waals surface area contributed by atoms with Crippen LogP contribution in [0.5, 0.6) is 5.75 Å². The van der Waals surface area contributed by atoms with Crippen molar-refractivity contribution in [1.82, 2.24) is 5.32 Å². The molecule has 1 N–H and O–H groups in total. The Hall–Kier alpha value is -1.07. The van der Waals surface area contributed by atoms with Gasteiger partial charge in [-0.15, -0.1) is 0 Å². The molecule has 0 amide bonds. The number of hydrogen-bond donors (Lipinski definition) is 1. The molecule has 5 heteroatoms. The molecule has 0 radical (unpaired) electrons. The third-order valence-corrected chi connectivity index (χ3v) is 5.51. The Morgan fingerprint density at radius 2 is 1.90 bits per heavy atom. The maximum Gasteiger partial charge on any atom is 0.154 e. The largest absolute Gasteiger partial charge is 0.496 e. The summed E-state index contributed by atoms with van der Waals surface area (Å²) in [4.78, 5) is 0. The van der Waals surface area contributed by atoms with Crippen molar-refractivity contribution < 1.29 is 13.2 Å². The molecule has 20 heavy (non-hydrogen) atoms. The summed E-state index contributed by atoms with van der Waals surface area (Å²) in [6.07, 6.45) is 0.952. The fourth-order valence-electron chi connectivity index (χ4n) is 1.96. The Labute approximate surface area is 122 Å². The fourth-order valence-corrected chi connectivity index (χ4v) is 3.10. The summed E-state index contributed by atoms with van der Waals surface area (Å²) in [5.74, 6) is 0.811. The van der Waals surface area contributed by atoms with E-state index < -0.39 is 9.84 Å². The second kappa shape index (κ2) is 7.64. The van der Waals surface area contributed by atoms with Gasteiger partial charge in [0.2, 0.25) is 0 Å². The highest BCUT2D eigenvalue weighted by Crippen LogP contribution is 2.26. The summed E-state index contributed by atoms with van der Waals surface area (Å²) in [7, 11) is -1.52. The maximum absolute atomic E-state index is 12.2. The zero-order chi connectivity index (χ0) is 15.2. The van der Waals surface area contributed by atoms with Crippen LogP contribution in [-0.4, -0.2) is 33.1 Å². The van der Waals surface area contributed by atoms with E-state index in [1.165, 1.54) is 0 Å². The van der Waals surface area contributed by atoms with Gasteiger partial charge in [-0.3, -0.25) is 0 Å². The van der Waals surface area contributed by atoms with Gasteiger partial charge >= 0.3 is 0 Å². The molecule has 0 aliphatic rings. The van der Waals surface area contributed by atoms with E-state index in [1.807, 2.05) is 24.3 Å². The van der Waals surface area contributed by atoms with Crippen LogP contribution in [0.25, 0.3) is 0 Å². The first-order valence-corrected chi connectivity index (χ1v) is 8.71. The normalized spacial score (nSPS) is 13.4. The van der Waals surface area contributed by atoms with Gasteiger partial charge in [0, 0.05) is 11.6 Å². The van der Waals surface area contributed by atoms with Crippen LogP contribution in [0.4, 0.5) is 0 Å². The lowest BCUT2D eigenvalue weighted by molar-refractivity contribution is 0.401. The van der Waals surface area contributed by atoms with Gasteiger partial charge in [-0.1, -0.05) is 25.1 Å². The van der Waals surface area contributed by atoms with Crippen molar-refractivity contribution in [1.29, 1.82) is 0 Å². The quantitative estimate of drug-likeness (QED) is 0.801. The summed E-state index contributed by atoms with van der Waals surface area (Å²) in [5, 5.41) is 2.94. The van der Waals surface area contributed by atoms with Gasteiger partial charge < -0.3 is 10.1 Å². The first-order chi connectivity index (χ1) is 9.42. The number of para-hydroxylation sites is 1. The molecule has 0 fully saturated rings. The van der Waals surface area contributed by atoms with Crippen LogP contribution in [0.3, 0.4) is 0 Å². The monoisotopic (exact) mass is 299 g/mol. The van der Waals surface area contributed by atoms with E-state index in [0.29, 0.717) is 0 Å². The Bertz CT molecular complexity index is 512. The van der Waals surface area contributed by atoms with Crippen molar-refractivity contribution in [2.45, 2.75) is 38.5 Å². The summed E-state index contributed by atoms with van der Waals surface area (Å²) < 4.78 is 29.7. The molecule has 0 saturated heterocycles. The minimum absolute atomic E-state index is 0.0883. The van der Waals surface area contributed by atoms with Crippen LogP contribution >= 0.6 is 0 Å². The van der Waals surface area contributed by atoms with E-state index in [-0.39, 0.29) is 17.0 Å². The van der Waals surface area contributed by atoms with Crippen molar-refractivity contribution in [3.63, 3.8) is 0 Å². The number of ether oxygens (including phenoxy) is 1. The van der Waals surface area contributed by atoms with E-state index >= 15 is 0 Å². The zero-order valence-electron chi connectivity index (χ0n) is 12.7. The molecule has 0 saturated carbocycles. The van der Waals surface area contributed by atoms with E-state index in [0.717, 1.165) is 24.3 Å². The number of nitrogens with one attached hydrogen (secondary N) is 1. The van der Waals surface area contributed by atoms with Crippen molar-refractivity contribution in [2.24, 2.45) is 0 Å². The van der Waals surface area contributed by atoms with Gasteiger partial charge in [0.25, 0.3) is 0 Å². The molecule has 1 aromatic carbocycles. The zero-order valence-corrected chi connectivity index (χ0v) is 13.5. The number of rotatable bonds is 8. The topological polar surface area (TPSA) is 55.4 Å².